The van der Waals surface area contributed by atoms with Gasteiger partial charge in [-0.1, -0.05) is 0 Å². The molecule has 0 saturated carbocycles. The lowest BCUT2D eigenvalue weighted by atomic mass is 10.0. The number of nitrogens with one attached hydrogen (secondary N) is 1. The Bertz CT molecular complexity index is 810. The highest BCUT2D eigenvalue weighted by Gasteiger charge is 2.33. The van der Waals surface area contributed by atoms with Crippen LogP contribution in [0.5, 0.6) is 0 Å². The molecule has 0 aromatic carbocycles. The second-order valence-corrected chi connectivity index (χ2v) is 7.42. The van der Waals surface area contributed by atoms with Gasteiger partial charge in [0, 0.05) is 37.1 Å². The van der Waals surface area contributed by atoms with Gasteiger partial charge in [0.1, 0.15) is 6.17 Å². The Morgan fingerprint density at radius 1 is 1.33 bits per heavy atom. The van der Waals surface area contributed by atoms with Crippen LogP contribution in [0.4, 0.5) is 10.1 Å². The lowest BCUT2D eigenvalue weighted by Crippen LogP contribution is -2.48. The average molecular weight is 372 g/mol. The van der Waals surface area contributed by atoms with Crippen molar-refractivity contribution < 1.29 is 9.18 Å². The Labute approximate surface area is 157 Å². The van der Waals surface area contributed by atoms with Gasteiger partial charge in [0.15, 0.2) is 5.65 Å². The van der Waals surface area contributed by atoms with Crippen molar-refractivity contribution in [2.75, 3.05) is 31.5 Å². The predicted octanol–water partition coefficient (Wildman–Crippen LogP) is 1.36. The van der Waals surface area contributed by atoms with Gasteiger partial charge in [0.25, 0.3) is 0 Å². The topological polar surface area (TPSA) is 87.4 Å². The summed E-state index contributed by atoms with van der Waals surface area (Å²) in [6, 6.07) is 6.31. The molecular weight excluding hydrogens is 347 g/mol. The quantitative estimate of drug-likeness (QED) is 0.843. The number of hydrogen-bond donors (Lipinski definition) is 2. The second kappa shape index (κ2) is 7.74. The molecular formula is C19H25FN6O. The summed E-state index contributed by atoms with van der Waals surface area (Å²) in [6.07, 6.45) is 4.20. The summed E-state index contributed by atoms with van der Waals surface area (Å²) in [4.78, 5) is 24.6. The van der Waals surface area contributed by atoms with Gasteiger partial charge in [-0.05, 0) is 31.0 Å². The Hall–Kier alpha value is -2.32. The standard InChI is InChI=1S/C19H25FN6O/c20-14-9-17(21)26(11-14)18(27)12-25-6-3-15(4-7-25)24-16-8-13-2-1-5-22-19(13)23-10-16/h1-2,5,8,10,14-15,17,24H,3-4,6-7,9,11-12,21H2/t14-,17?/m0/s1. The predicted molar refractivity (Wildman–Crippen MR) is 102 cm³/mol. The third-order valence-corrected chi connectivity index (χ3v) is 5.38. The molecule has 2 saturated heterocycles. The lowest BCUT2D eigenvalue weighted by molar-refractivity contribution is -0.133. The van der Waals surface area contributed by atoms with Crippen molar-refractivity contribution in [3.05, 3.63) is 30.6 Å². The molecule has 144 valence electrons. The van der Waals surface area contributed by atoms with Crippen molar-refractivity contribution in [1.82, 2.24) is 19.8 Å². The molecule has 0 aliphatic carbocycles. The van der Waals surface area contributed by atoms with E-state index < -0.39 is 12.3 Å². The van der Waals surface area contributed by atoms with Gasteiger partial charge < -0.3 is 16.0 Å². The molecule has 1 amide bonds. The van der Waals surface area contributed by atoms with Crippen LogP contribution in [0.15, 0.2) is 30.6 Å². The van der Waals surface area contributed by atoms with Crippen molar-refractivity contribution in [1.29, 1.82) is 0 Å². The van der Waals surface area contributed by atoms with Gasteiger partial charge in [0.05, 0.1) is 31.1 Å². The van der Waals surface area contributed by atoms with Crippen LogP contribution in [0.25, 0.3) is 11.0 Å². The van der Waals surface area contributed by atoms with E-state index in [0.29, 0.717) is 12.6 Å². The van der Waals surface area contributed by atoms with Crippen molar-refractivity contribution in [2.24, 2.45) is 5.73 Å². The number of rotatable bonds is 4. The number of likely N-dealkylation sites (tertiary alicyclic amines) is 2. The van der Waals surface area contributed by atoms with Crippen LogP contribution in [0.1, 0.15) is 19.3 Å². The molecule has 8 heteroatoms. The Balaban J connectivity index is 1.28. The first-order valence-corrected chi connectivity index (χ1v) is 9.47. The summed E-state index contributed by atoms with van der Waals surface area (Å²) in [5.41, 5.74) is 7.58. The van der Waals surface area contributed by atoms with Gasteiger partial charge in [0.2, 0.25) is 5.91 Å². The summed E-state index contributed by atoms with van der Waals surface area (Å²) < 4.78 is 13.4. The fraction of sp³-hybridized carbons (Fsp3) is 0.526. The number of aromatic nitrogens is 2. The summed E-state index contributed by atoms with van der Waals surface area (Å²) >= 11 is 0. The number of carbonyl (C=O) groups is 1. The molecule has 0 bridgehead atoms. The number of carbonyl (C=O) groups excluding carboxylic acids is 1. The molecule has 3 N–H and O–H groups in total. The van der Waals surface area contributed by atoms with Crippen LogP contribution in [0, 0.1) is 0 Å². The van der Waals surface area contributed by atoms with E-state index in [9.17, 15) is 9.18 Å². The maximum Gasteiger partial charge on any atom is 0.238 e. The molecule has 4 heterocycles. The van der Waals surface area contributed by atoms with Crippen molar-refractivity contribution in [3.8, 4) is 0 Å². The summed E-state index contributed by atoms with van der Waals surface area (Å²) in [7, 11) is 0. The minimum Gasteiger partial charge on any atom is -0.381 e. The van der Waals surface area contributed by atoms with Gasteiger partial charge in [-0.2, -0.15) is 0 Å². The number of alkyl halides is 1. The molecule has 2 aliphatic heterocycles. The van der Waals surface area contributed by atoms with Crippen LogP contribution in [0.2, 0.25) is 0 Å². The minimum absolute atomic E-state index is 0.0692. The molecule has 7 nitrogen and oxygen atoms in total. The zero-order valence-electron chi connectivity index (χ0n) is 15.2. The number of hydrogen-bond acceptors (Lipinski definition) is 6. The van der Waals surface area contributed by atoms with E-state index in [1.807, 2.05) is 18.3 Å². The van der Waals surface area contributed by atoms with Gasteiger partial charge >= 0.3 is 0 Å². The van der Waals surface area contributed by atoms with Crippen LogP contribution < -0.4 is 11.1 Å². The maximum absolute atomic E-state index is 13.4. The molecule has 2 aromatic heterocycles. The molecule has 0 spiro atoms. The van der Waals surface area contributed by atoms with E-state index in [1.165, 1.54) is 4.90 Å². The molecule has 2 fully saturated rings. The molecule has 4 rings (SSSR count). The van der Waals surface area contributed by atoms with Crippen molar-refractivity contribution >= 4 is 22.6 Å². The number of piperidine rings is 1. The van der Waals surface area contributed by atoms with Crippen molar-refractivity contribution in [3.63, 3.8) is 0 Å². The average Bonchev–Trinajstić information content (AvgIpc) is 3.01. The number of pyridine rings is 2. The Morgan fingerprint density at radius 3 is 2.89 bits per heavy atom. The number of nitrogens with zero attached hydrogens (tertiary/aromatic N) is 4. The summed E-state index contributed by atoms with van der Waals surface area (Å²) in [6.45, 7) is 2.10. The second-order valence-electron chi connectivity index (χ2n) is 7.42. The fourth-order valence-corrected chi connectivity index (χ4v) is 3.90. The number of halogens is 1. The van der Waals surface area contributed by atoms with Crippen LogP contribution in [-0.4, -0.2) is 70.2 Å². The summed E-state index contributed by atoms with van der Waals surface area (Å²) in [5.74, 6) is -0.0692. The van der Waals surface area contributed by atoms with Crippen LogP contribution in [-0.2, 0) is 4.79 Å². The van der Waals surface area contributed by atoms with Gasteiger partial charge in [-0.15, -0.1) is 0 Å². The monoisotopic (exact) mass is 372 g/mol. The Kier molecular flexibility index (Phi) is 5.18. The highest BCUT2D eigenvalue weighted by molar-refractivity contribution is 5.79. The normalized spacial score (nSPS) is 24.4. The highest BCUT2D eigenvalue weighted by atomic mass is 19.1. The molecule has 27 heavy (non-hydrogen) atoms. The fourth-order valence-electron chi connectivity index (χ4n) is 3.90. The maximum atomic E-state index is 13.4. The van der Waals surface area contributed by atoms with Gasteiger partial charge in [-0.3, -0.25) is 9.69 Å². The van der Waals surface area contributed by atoms with Crippen LogP contribution >= 0.6 is 0 Å². The van der Waals surface area contributed by atoms with Crippen molar-refractivity contribution in [2.45, 2.75) is 37.6 Å². The van der Waals surface area contributed by atoms with Gasteiger partial charge in [-0.25, -0.2) is 14.4 Å². The molecule has 2 atom stereocenters. The highest BCUT2D eigenvalue weighted by Crippen LogP contribution is 2.20. The molecule has 2 aliphatic rings. The molecule has 2 aromatic rings. The smallest absolute Gasteiger partial charge is 0.238 e. The summed E-state index contributed by atoms with van der Waals surface area (Å²) in [5, 5.41) is 4.55. The minimum atomic E-state index is -0.996. The number of anilines is 1. The van der Waals surface area contributed by atoms with E-state index in [1.54, 1.807) is 6.20 Å². The largest absolute Gasteiger partial charge is 0.381 e. The SMILES string of the molecule is NC1C[C@H](F)CN1C(=O)CN1CCC(Nc2cnc3ncccc3c2)CC1. The van der Waals surface area contributed by atoms with E-state index >= 15 is 0 Å². The Morgan fingerprint density at radius 2 is 2.15 bits per heavy atom. The first-order chi connectivity index (χ1) is 13.1. The van der Waals surface area contributed by atoms with Crippen LogP contribution in [0.3, 0.4) is 0 Å². The molecule has 0 radical (unpaired) electrons. The van der Waals surface area contributed by atoms with E-state index in [0.717, 1.165) is 42.7 Å². The zero-order valence-corrected chi connectivity index (χ0v) is 15.2. The number of nitrogens with two attached hydrogens (primary N) is 1. The number of amides is 1. The lowest BCUT2D eigenvalue weighted by Gasteiger charge is -2.33. The first-order valence-electron chi connectivity index (χ1n) is 9.47. The zero-order chi connectivity index (χ0) is 18.8. The third-order valence-electron chi connectivity index (χ3n) is 5.38. The van der Waals surface area contributed by atoms with E-state index in [-0.39, 0.29) is 18.9 Å². The number of fused-ring (bicyclic) bond motifs is 1. The first kappa shape index (κ1) is 18.1. The third kappa shape index (κ3) is 4.17. The van der Waals surface area contributed by atoms with E-state index in [4.69, 9.17) is 5.73 Å². The molecule has 1 unspecified atom stereocenters. The van der Waals surface area contributed by atoms with E-state index in [2.05, 4.69) is 26.3 Å².